The zero-order valence-electron chi connectivity index (χ0n) is 7.40. The summed E-state index contributed by atoms with van der Waals surface area (Å²) in [7, 11) is 0. The zero-order valence-corrected chi connectivity index (χ0v) is 8.21. The van der Waals surface area contributed by atoms with Crippen LogP contribution in [0.1, 0.15) is 18.9 Å². The highest BCUT2D eigenvalue weighted by molar-refractivity contribution is 5.85. The first-order valence-corrected chi connectivity index (χ1v) is 3.87. The quantitative estimate of drug-likeness (QED) is 0.636. The van der Waals surface area contributed by atoms with Crippen LogP contribution in [0.2, 0.25) is 0 Å². The van der Waals surface area contributed by atoms with Gasteiger partial charge in [-0.1, -0.05) is 19.1 Å². The second-order valence-corrected chi connectivity index (χ2v) is 2.82. The number of nitrogens with two attached hydrogens (primary N) is 1. The summed E-state index contributed by atoms with van der Waals surface area (Å²) < 4.78 is 0. The summed E-state index contributed by atoms with van der Waals surface area (Å²) in [5, 5.41) is 18.6. The molecule has 1 aromatic rings. The van der Waals surface area contributed by atoms with E-state index in [-0.39, 0.29) is 18.2 Å². The van der Waals surface area contributed by atoms with Gasteiger partial charge < -0.3 is 10.2 Å². The Morgan fingerprint density at radius 3 is 2.15 bits per heavy atom. The average Bonchev–Trinajstić information content (AvgIpc) is 2.05. The van der Waals surface area contributed by atoms with Crippen LogP contribution in [0.4, 0.5) is 0 Å². The first-order valence-electron chi connectivity index (χ1n) is 3.87. The minimum absolute atomic E-state index is 0. The summed E-state index contributed by atoms with van der Waals surface area (Å²) in [5.74, 6) is 0.172. The molecule has 1 rings (SSSR count). The highest BCUT2D eigenvalue weighted by Crippen LogP contribution is 2.20. The van der Waals surface area contributed by atoms with Crippen molar-refractivity contribution in [1.82, 2.24) is 0 Å². The molecule has 4 N–H and O–H groups in total. The summed E-state index contributed by atoms with van der Waals surface area (Å²) >= 11 is 0. The number of aliphatic hydroxyl groups is 1. The van der Waals surface area contributed by atoms with Gasteiger partial charge in [0, 0.05) is 0 Å². The monoisotopic (exact) mass is 203 g/mol. The fourth-order valence-electron chi connectivity index (χ4n) is 0.954. The fraction of sp³-hybridized carbons (Fsp3) is 0.333. The van der Waals surface area contributed by atoms with E-state index in [1.807, 2.05) is 0 Å². The van der Waals surface area contributed by atoms with Crippen molar-refractivity contribution in [1.29, 1.82) is 0 Å². The lowest BCUT2D eigenvalue weighted by atomic mass is 10.0. The second-order valence-electron chi connectivity index (χ2n) is 2.82. The molecule has 1 unspecified atom stereocenters. The van der Waals surface area contributed by atoms with Gasteiger partial charge >= 0.3 is 0 Å². The van der Waals surface area contributed by atoms with Gasteiger partial charge in [-0.3, -0.25) is 5.73 Å². The van der Waals surface area contributed by atoms with Crippen molar-refractivity contribution in [2.75, 3.05) is 0 Å². The van der Waals surface area contributed by atoms with Gasteiger partial charge in [0.25, 0.3) is 0 Å². The van der Waals surface area contributed by atoms with Gasteiger partial charge in [-0.15, -0.1) is 12.4 Å². The molecule has 0 saturated carbocycles. The third kappa shape index (κ3) is 2.88. The molecule has 3 nitrogen and oxygen atoms in total. The van der Waals surface area contributed by atoms with Gasteiger partial charge in [0.05, 0.1) is 0 Å². The predicted octanol–water partition coefficient (Wildman–Crippen LogP) is 1.33. The number of hydrogen-bond acceptors (Lipinski definition) is 3. The smallest absolute Gasteiger partial charge is 0.139 e. The van der Waals surface area contributed by atoms with Crippen molar-refractivity contribution in [2.24, 2.45) is 5.73 Å². The number of rotatable bonds is 2. The predicted molar refractivity (Wildman–Crippen MR) is 53.7 cm³/mol. The molecule has 1 atom stereocenters. The minimum Gasteiger partial charge on any atom is -0.508 e. The van der Waals surface area contributed by atoms with E-state index in [0.717, 1.165) is 0 Å². The Balaban J connectivity index is 0.00000144. The van der Waals surface area contributed by atoms with Crippen LogP contribution in [0.25, 0.3) is 0 Å². The van der Waals surface area contributed by atoms with Crippen molar-refractivity contribution < 1.29 is 10.2 Å². The lowest BCUT2D eigenvalue weighted by Gasteiger charge is -2.21. The summed E-state index contributed by atoms with van der Waals surface area (Å²) in [6.45, 7) is 1.80. The van der Waals surface area contributed by atoms with Gasteiger partial charge in [0.15, 0.2) is 0 Å². The zero-order chi connectivity index (χ0) is 9.19. The van der Waals surface area contributed by atoms with Gasteiger partial charge in [-0.2, -0.15) is 0 Å². The summed E-state index contributed by atoms with van der Waals surface area (Å²) in [6, 6.07) is 6.23. The van der Waals surface area contributed by atoms with Gasteiger partial charge in [0.1, 0.15) is 11.5 Å². The highest BCUT2D eigenvalue weighted by Gasteiger charge is 2.20. The van der Waals surface area contributed by atoms with E-state index in [1.165, 1.54) is 12.1 Å². The van der Waals surface area contributed by atoms with Crippen LogP contribution >= 0.6 is 12.4 Å². The molecule has 0 heterocycles. The van der Waals surface area contributed by atoms with E-state index in [4.69, 9.17) is 10.8 Å². The molecular weight excluding hydrogens is 190 g/mol. The molecule has 0 fully saturated rings. The third-order valence-electron chi connectivity index (χ3n) is 1.91. The second kappa shape index (κ2) is 4.46. The van der Waals surface area contributed by atoms with E-state index < -0.39 is 5.72 Å². The van der Waals surface area contributed by atoms with Gasteiger partial charge in [-0.05, 0) is 24.1 Å². The van der Waals surface area contributed by atoms with Crippen molar-refractivity contribution >= 4 is 12.4 Å². The van der Waals surface area contributed by atoms with Crippen LogP contribution in [0.15, 0.2) is 24.3 Å². The molecule has 0 aliphatic rings. The Morgan fingerprint density at radius 1 is 1.31 bits per heavy atom. The van der Waals surface area contributed by atoms with Crippen LogP contribution in [0, 0.1) is 0 Å². The maximum Gasteiger partial charge on any atom is 0.139 e. The molecule has 0 aromatic heterocycles. The summed E-state index contributed by atoms with van der Waals surface area (Å²) in [5.41, 5.74) is 4.89. The molecule has 0 radical (unpaired) electrons. The first-order chi connectivity index (χ1) is 5.56. The fourth-order valence-corrected chi connectivity index (χ4v) is 0.954. The van der Waals surface area contributed by atoms with E-state index in [1.54, 1.807) is 19.1 Å². The Hall–Kier alpha value is -0.770. The molecule has 1 aromatic carbocycles. The minimum atomic E-state index is -1.28. The number of benzene rings is 1. The topological polar surface area (TPSA) is 66.5 Å². The molecule has 74 valence electrons. The maximum absolute atomic E-state index is 9.58. The molecule has 0 aliphatic carbocycles. The Kier molecular flexibility index (Phi) is 4.20. The molecule has 0 saturated heterocycles. The molecule has 0 aliphatic heterocycles. The van der Waals surface area contributed by atoms with Gasteiger partial charge in [-0.25, -0.2) is 0 Å². The lowest BCUT2D eigenvalue weighted by Crippen LogP contribution is -2.35. The standard InChI is InChI=1S/C9H13NO2.ClH/c1-2-9(10,12)7-3-5-8(11)6-4-7;/h3-6,11-12H,2,10H2,1H3;1H. The normalized spacial score (nSPS) is 14.4. The molecule has 13 heavy (non-hydrogen) atoms. The number of phenols is 1. The van der Waals surface area contributed by atoms with Crippen molar-refractivity contribution in [3.63, 3.8) is 0 Å². The molecule has 0 spiro atoms. The van der Waals surface area contributed by atoms with Crippen LogP contribution in [-0.4, -0.2) is 10.2 Å². The van der Waals surface area contributed by atoms with Crippen molar-refractivity contribution in [2.45, 2.75) is 19.1 Å². The van der Waals surface area contributed by atoms with E-state index in [0.29, 0.717) is 12.0 Å². The van der Waals surface area contributed by atoms with E-state index in [2.05, 4.69) is 0 Å². The molecule has 4 heteroatoms. The Labute approximate surface area is 83.6 Å². The number of aromatic hydroxyl groups is 1. The van der Waals surface area contributed by atoms with Crippen LogP contribution in [0.5, 0.6) is 5.75 Å². The Bertz CT molecular complexity index is 259. The van der Waals surface area contributed by atoms with E-state index >= 15 is 0 Å². The molecule has 0 amide bonds. The number of phenolic OH excluding ortho intramolecular Hbond substituents is 1. The summed E-state index contributed by atoms with van der Waals surface area (Å²) in [6.07, 6.45) is 0.442. The third-order valence-corrected chi connectivity index (χ3v) is 1.91. The van der Waals surface area contributed by atoms with Crippen molar-refractivity contribution in [3.8, 4) is 5.75 Å². The first kappa shape index (κ1) is 12.2. The number of hydrogen-bond donors (Lipinski definition) is 3. The van der Waals surface area contributed by atoms with Gasteiger partial charge in [0.2, 0.25) is 0 Å². The largest absolute Gasteiger partial charge is 0.508 e. The van der Waals surface area contributed by atoms with Crippen LogP contribution < -0.4 is 5.73 Å². The highest BCUT2D eigenvalue weighted by atomic mass is 35.5. The number of halogens is 1. The molecular formula is C9H14ClNO2. The summed E-state index contributed by atoms with van der Waals surface area (Å²) in [4.78, 5) is 0. The maximum atomic E-state index is 9.58. The SMILES string of the molecule is CCC(N)(O)c1ccc(O)cc1.Cl. The van der Waals surface area contributed by atoms with Crippen LogP contribution in [-0.2, 0) is 5.72 Å². The molecule has 0 bridgehead atoms. The van der Waals surface area contributed by atoms with E-state index in [9.17, 15) is 5.11 Å². The average molecular weight is 204 g/mol. The van der Waals surface area contributed by atoms with Crippen molar-refractivity contribution in [3.05, 3.63) is 29.8 Å². The Morgan fingerprint density at radius 2 is 1.77 bits per heavy atom. The van der Waals surface area contributed by atoms with Crippen LogP contribution in [0.3, 0.4) is 0 Å². The lowest BCUT2D eigenvalue weighted by molar-refractivity contribution is 0.0394.